The maximum absolute atomic E-state index is 14.0. The van der Waals surface area contributed by atoms with E-state index in [1.54, 1.807) is 6.92 Å². The van der Waals surface area contributed by atoms with Crippen molar-refractivity contribution in [2.24, 2.45) is 0 Å². The lowest BCUT2D eigenvalue weighted by molar-refractivity contribution is -0.147. The number of hydrazine groups is 2. The number of hydrogen-bond acceptors (Lipinski definition) is 7. The molecule has 0 radical (unpaired) electrons. The van der Waals surface area contributed by atoms with Gasteiger partial charge in [0, 0.05) is 12.7 Å². The highest BCUT2D eigenvalue weighted by Gasteiger charge is 2.32. The summed E-state index contributed by atoms with van der Waals surface area (Å²) in [5, 5.41) is 6.47. The summed E-state index contributed by atoms with van der Waals surface area (Å²) >= 11 is 0. The van der Waals surface area contributed by atoms with Crippen LogP contribution in [0.25, 0.3) is 0 Å². The van der Waals surface area contributed by atoms with E-state index >= 15 is 0 Å². The molecule has 0 aromatic heterocycles. The first-order chi connectivity index (χ1) is 18.1. The molecule has 2 aromatic carbocycles. The third-order valence-electron chi connectivity index (χ3n) is 5.48. The Hall–Kier alpha value is -4.13. The van der Waals surface area contributed by atoms with Crippen LogP contribution in [0.15, 0.2) is 60.4 Å². The second kappa shape index (κ2) is 12.9. The number of alkyl halides is 3. The smallest absolute Gasteiger partial charge is 0.416 e. The van der Waals surface area contributed by atoms with E-state index in [0.717, 1.165) is 11.6 Å². The van der Waals surface area contributed by atoms with Crippen LogP contribution in [0.1, 0.15) is 34.8 Å². The van der Waals surface area contributed by atoms with Crippen LogP contribution in [0.2, 0.25) is 0 Å². The minimum absolute atomic E-state index is 0.0259. The zero-order valence-corrected chi connectivity index (χ0v) is 20.4. The van der Waals surface area contributed by atoms with Crippen LogP contribution in [-0.2, 0) is 26.9 Å². The number of aryl methyl sites for hydroxylation is 1. The molecule has 0 unspecified atom stereocenters. The van der Waals surface area contributed by atoms with Crippen molar-refractivity contribution in [3.63, 3.8) is 0 Å². The fraction of sp³-hybridized carbons (Fsp3) is 0.320. The third-order valence-corrected chi connectivity index (χ3v) is 5.48. The second-order valence-corrected chi connectivity index (χ2v) is 8.22. The largest absolute Gasteiger partial charge is 0.464 e. The molecule has 38 heavy (non-hydrogen) atoms. The number of halogens is 4. The van der Waals surface area contributed by atoms with E-state index in [1.165, 1.54) is 11.2 Å². The maximum atomic E-state index is 14.0. The fourth-order valence-electron chi connectivity index (χ4n) is 3.53. The molecule has 0 bridgehead atoms. The lowest BCUT2D eigenvalue weighted by Crippen LogP contribution is -2.46. The first-order valence-electron chi connectivity index (χ1n) is 11.7. The summed E-state index contributed by atoms with van der Waals surface area (Å²) in [5.74, 6) is -3.30. The zero-order valence-electron chi connectivity index (χ0n) is 20.4. The van der Waals surface area contributed by atoms with Gasteiger partial charge in [-0.15, -0.1) is 5.53 Å². The molecule has 2 amide bonds. The van der Waals surface area contributed by atoms with Crippen LogP contribution < -0.4 is 21.6 Å². The van der Waals surface area contributed by atoms with E-state index in [1.807, 2.05) is 30.3 Å². The molecule has 4 N–H and O–H groups in total. The average Bonchev–Trinajstić information content (AvgIpc) is 3.35. The van der Waals surface area contributed by atoms with Crippen LogP contribution >= 0.6 is 0 Å². The Morgan fingerprint density at radius 3 is 2.47 bits per heavy atom. The van der Waals surface area contributed by atoms with Gasteiger partial charge < -0.3 is 15.4 Å². The highest BCUT2D eigenvalue weighted by molar-refractivity contribution is 5.96. The fourth-order valence-corrected chi connectivity index (χ4v) is 3.53. The first-order valence-corrected chi connectivity index (χ1v) is 11.7. The number of ether oxygens (including phenoxy) is 1. The van der Waals surface area contributed by atoms with E-state index in [-0.39, 0.29) is 31.5 Å². The molecule has 0 saturated carbocycles. The molecule has 3 rings (SSSR count). The van der Waals surface area contributed by atoms with Crippen LogP contribution in [-0.4, -0.2) is 48.5 Å². The van der Waals surface area contributed by atoms with Crippen molar-refractivity contribution in [3.05, 3.63) is 82.9 Å². The molecule has 2 aromatic rings. The summed E-state index contributed by atoms with van der Waals surface area (Å²) in [6.07, 6.45) is -2.45. The molecule has 1 aliphatic heterocycles. The van der Waals surface area contributed by atoms with Crippen molar-refractivity contribution in [3.8, 4) is 0 Å². The molecule has 204 valence electrons. The van der Waals surface area contributed by atoms with Gasteiger partial charge in [0.2, 0.25) is 0 Å². The molecular weight excluding hydrogens is 510 g/mol. The van der Waals surface area contributed by atoms with Gasteiger partial charge in [-0.05, 0) is 43.5 Å². The average molecular weight is 538 g/mol. The van der Waals surface area contributed by atoms with E-state index in [9.17, 15) is 31.9 Å². The Morgan fingerprint density at radius 2 is 1.82 bits per heavy atom. The number of rotatable bonds is 11. The highest BCUT2D eigenvalue weighted by atomic mass is 19.4. The summed E-state index contributed by atoms with van der Waals surface area (Å²) in [6.45, 7) is 1.92. The molecule has 1 atom stereocenters. The van der Waals surface area contributed by atoms with Crippen molar-refractivity contribution in [2.75, 3.05) is 19.7 Å². The summed E-state index contributed by atoms with van der Waals surface area (Å²) in [6, 6.07) is 10.2. The molecule has 0 fully saturated rings. The van der Waals surface area contributed by atoms with E-state index in [0.29, 0.717) is 18.9 Å². The summed E-state index contributed by atoms with van der Waals surface area (Å²) in [7, 11) is 0. The van der Waals surface area contributed by atoms with Crippen molar-refractivity contribution in [2.45, 2.75) is 32.0 Å². The highest BCUT2D eigenvalue weighted by Crippen LogP contribution is 2.30. The molecule has 0 spiro atoms. The van der Waals surface area contributed by atoms with E-state index < -0.39 is 46.9 Å². The predicted octanol–water partition coefficient (Wildman–Crippen LogP) is 2.42. The summed E-state index contributed by atoms with van der Waals surface area (Å²) in [4.78, 5) is 37.2. The number of carbonyl (C=O) groups excluding carboxylic acids is 3. The van der Waals surface area contributed by atoms with Crippen LogP contribution in [0.3, 0.4) is 0 Å². The molecule has 0 saturated heterocycles. The van der Waals surface area contributed by atoms with Crippen molar-refractivity contribution in [1.82, 2.24) is 26.6 Å². The lowest BCUT2D eigenvalue weighted by atomic mass is 10.1. The third kappa shape index (κ3) is 7.93. The molecule has 13 heteroatoms. The molecular formula is C25H27F4N5O4. The quantitative estimate of drug-likeness (QED) is 0.257. The number of hydrogen-bond donors (Lipinski definition) is 4. The van der Waals surface area contributed by atoms with Crippen molar-refractivity contribution >= 4 is 17.8 Å². The Kier molecular flexibility index (Phi) is 9.66. The standard InChI is InChI=1S/C25H27F4N5O4/c1-2-38-24(37)20(11-8-16-6-4-3-5-7-16)31-23(36)21-15-34(33-32-21)13-12-30-22(35)18-10-9-17(14-19(18)26)25(27,28)29/h3-7,9-10,14-15,20,32-33H,2,8,11-13H2,1H3,(H,30,35)(H,31,36)/t20-/m0/s1. The van der Waals surface area contributed by atoms with Gasteiger partial charge in [0.15, 0.2) is 0 Å². The number of nitrogens with zero attached hydrogens (tertiary/aromatic N) is 1. The predicted molar refractivity (Wildman–Crippen MR) is 128 cm³/mol. The lowest BCUT2D eigenvalue weighted by Gasteiger charge is -2.17. The monoisotopic (exact) mass is 537 g/mol. The maximum Gasteiger partial charge on any atom is 0.416 e. The van der Waals surface area contributed by atoms with Crippen molar-refractivity contribution < 1.29 is 36.7 Å². The number of carbonyl (C=O) groups is 3. The Balaban J connectivity index is 1.51. The van der Waals surface area contributed by atoms with Gasteiger partial charge in [-0.1, -0.05) is 30.3 Å². The second-order valence-electron chi connectivity index (χ2n) is 8.22. The molecule has 9 nitrogen and oxygen atoms in total. The van der Waals surface area contributed by atoms with Crippen molar-refractivity contribution in [1.29, 1.82) is 0 Å². The topological polar surface area (TPSA) is 112 Å². The van der Waals surface area contributed by atoms with Crippen LogP contribution in [0.4, 0.5) is 17.6 Å². The normalized spacial score (nSPS) is 13.8. The summed E-state index contributed by atoms with van der Waals surface area (Å²) in [5.41, 5.74) is 4.71. The van der Waals surface area contributed by atoms with E-state index in [4.69, 9.17) is 4.74 Å². The van der Waals surface area contributed by atoms with Gasteiger partial charge in [-0.3, -0.25) is 20.0 Å². The Bertz CT molecular complexity index is 1170. The van der Waals surface area contributed by atoms with Gasteiger partial charge >= 0.3 is 12.1 Å². The zero-order chi connectivity index (χ0) is 27.7. The van der Waals surface area contributed by atoms with E-state index in [2.05, 4.69) is 21.6 Å². The molecule has 1 aliphatic rings. The Labute approximate surface area is 216 Å². The molecule has 1 heterocycles. The first kappa shape index (κ1) is 28.4. The number of benzene rings is 2. The van der Waals surface area contributed by atoms with Crippen LogP contribution in [0, 0.1) is 5.82 Å². The van der Waals surface area contributed by atoms with Gasteiger partial charge in [0.05, 0.1) is 24.3 Å². The van der Waals surface area contributed by atoms with Gasteiger partial charge in [0.25, 0.3) is 11.8 Å². The molecule has 0 aliphatic carbocycles. The number of amides is 2. The minimum Gasteiger partial charge on any atom is -0.464 e. The number of nitrogens with one attached hydrogen (secondary N) is 4. The Morgan fingerprint density at radius 1 is 1.08 bits per heavy atom. The van der Waals surface area contributed by atoms with Gasteiger partial charge in [-0.25, -0.2) is 9.18 Å². The van der Waals surface area contributed by atoms with Gasteiger partial charge in [-0.2, -0.15) is 13.2 Å². The number of esters is 1. The summed E-state index contributed by atoms with van der Waals surface area (Å²) < 4.78 is 57.1. The SMILES string of the molecule is CCOC(=O)[C@H](CCc1ccccc1)NC(=O)C1=CN(CCNC(=O)c2ccc(C(F)(F)F)cc2F)NN1. The van der Waals surface area contributed by atoms with Crippen LogP contribution in [0.5, 0.6) is 0 Å². The minimum atomic E-state index is -4.72. The van der Waals surface area contributed by atoms with Gasteiger partial charge in [0.1, 0.15) is 17.6 Å².